The second kappa shape index (κ2) is 7.64. The van der Waals surface area contributed by atoms with Gasteiger partial charge in [-0.3, -0.25) is 9.78 Å². The summed E-state index contributed by atoms with van der Waals surface area (Å²) in [7, 11) is 0. The second-order valence-corrected chi connectivity index (χ2v) is 7.50. The summed E-state index contributed by atoms with van der Waals surface area (Å²) in [5.41, 5.74) is 1.19. The number of carbonyl (C=O) groups excluding carboxylic acids is 2. The van der Waals surface area contributed by atoms with Crippen molar-refractivity contribution >= 4 is 12.0 Å². The molecule has 2 fully saturated rings. The number of rotatable bonds is 5. The molecule has 26 heavy (non-hydrogen) atoms. The van der Waals surface area contributed by atoms with Crippen molar-refractivity contribution in [2.45, 2.75) is 64.5 Å². The molecule has 2 saturated heterocycles. The third kappa shape index (κ3) is 3.69. The number of nitrogens with zero attached hydrogens (tertiary/aromatic N) is 3. The molecule has 1 aromatic heterocycles. The summed E-state index contributed by atoms with van der Waals surface area (Å²) in [6, 6.07) is 3.85. The van der Waals surface area contributed by atoms with Gasteiger partial charge in [0.05, 0.1) is 6.54 Å². The van der Waals surface area contributed by atoms with Gasteiger partial charge in [-0.25, -0.2) is 4.79 Å². The average Bonchev–Trinajstić information content (AvgIpc) is 2.98. The molecule has 1 aromatic rings. The predicted octanol–water partition coefficient (Wildman–Crippen LogP) is 3.26. The molecule has 0 aromatic carbocycles. The fourth-order valence-electron chi connectivity index (χ4n) is 3.93. The van der Waals surface area contributed by atoms with Crippen LogP contribution >= 0.6 is 0 Å². The zero-order chi connectivity index (χ0) is 18.7. The van der Waals surface area contributed by atoms with Crippen LogP contribution in [0.15, 0.2) is 18.3 Å². The van der Waals surface area contributed by atoms with Crippen molar-refractivity contribution in [3.63, 3.8) is 0 Å². The summed E-state index contributed by atoms with van der Waals surface area (Å²) in [5, 5.41) is 0. The fourth-order valence-corrected chi connectivity index (χ4v) is 3.93. The Balaban J connectivity index is 1.62. The molecule has 0 radical (unpaired) electrons. The molecule has 2 aliphatic heterocycles. The van der Waals surface area contributed by atoms with E-state index >= 15 is 0 Å². The lowest BCUT2D eigenvalue weighted by molar-refractivity contribution is 0.00306. The number of hydrogen-bond acceptors (Lipinski definition) is 4. The van der Waals surface area contributed by atoms with E-state index in [1.165, 1.54) is 0 Å². The number of amides is 2. The maximum Gasteiger partial charge on any atom is 0.410 e. The molecule has 6 heteroatoms. The largest absolute Gasteiger partial charge is 0.441 e. The first-order chi connectivity index (χ1) is 12.5. The molecule has 1 atom stereocenters. The highest BCUT2D eigenvalue weighted by Crippen LogP contribution is 2.35. The Morgan fingerprint density at radius 1 is 1.35 bits per heavy atom. The zero-order valence-electron chi connectivity index (χ0n) is 16.0. The maximum atomic E-state index is 12.8. The van der Waals surface area contributed by atoms with Crippen molar-refractivity contribution in [2.24, 2.45) is 0 Å². The van der Waals surface area contributed by atoms with Gasteiger partial charge in [-0.15, -0.1) is 0 Å². The number of pyridine rings is 1. The highest BCUT2D eigenvalue weighted by atomic mass is 16.6. The molecule has 142 valence electrons. The minimum Gasteiger partial charge on any atom is -0.441 e. The van der Waals surface area contributed by atoms with E-state index in [0.717, 1.165) is 25.0 Å². The maximum absolute atomic E-state index is 12.8. The molecular weight excluding hydrogens is 330 g/mol. The van der Waals surface area contributed by atoms with E-state index in [-0.39, 0.29) is 18.0 Å². The van der Waals surface area contributed by atoms with E-state index in [2.05, 4.69) is 18.8 Å². The second-order valence-electron chi connectivity index (χ2n) is 7.50. The molecule has 3 rings (SSSR count). The van der Waals surface area contributed by atoms with Crippen LogP contribution in [0, 0.1) is 0 Å². The SMILES string of the molecule is CCC[C@H](C)N1CC2(CCN(C(=O)c3ccnc(CC)c3)CC2)OC1=O. The van der Waals surface area contributed by atoms with Gasteiger partial charge in [0, 0.05) is 49.4 Å². The predicted molar refractivity (Wildman–Crippen MR) is 99.0 cm³/mol. The topological polar surface area (TPSA) is 62.7 Å². The average molecular weight is 359 g/mol. The lowest BCUT2D eigenvalue weighted by Crippen LogP contribution is -2.49. The van der Waals surface area contributed by atoms with E-state index in [1.54, 1.807) is 12.3 Å². The fraction of sp³-hybridized carbons (Fsp3) is 0.650. The molecule has 6 nitrogen and oxygen atoms in total. The first-order valence-corrected chi connectivity index (χ1v) is 9.72. The molecule has 3 heterocycles. The van der Waals surface area contributed by atoms with Gasteiger partial charge in [-0.05, 0) is 31.9 Å². The monoisotopic (exact) mass is 359 g/mol. The molecule has 0 bridgehead atoms. The summed E-state index contributed by atoms with van der Waals surface area (Å²) in [5.74, 6) is 0.0393. The van der Waals surface area contributed by atoms with Crippen molar-refractivity contribution < 1.29 is 14.3 Å². The van der Waals surface area contributed by atoms with Crippen LogP contribution < -0.4 is 0 Å². The van der Waals surface area contributed by atoms with Crippen molar-refractivity contribution in [3.05, 3.63) is 29.6 Å². The first kappa shape index (κ1) is 18.7. The number of likely N-dealkylation sites (tertiary alicyclic amines) is 1. The van der Waals surface area contributed by atoms with Crippen LogP contribution in [0.5, 0.6) is 0 Å². The Kier molecular flexibility index (Phi) is 5.49. The summed E-state index contributed by atoms with van der Waals surface area (Å²) >= 11 is 0. The summed E-state index contributed by atoms with van der Waals surface area (Å²) in [4.78, 5) is 33.0. The normalized spacial score (nSPS) is 20.3. The van der Waals surface area contributed by atoms with E-state index in [4.69, 9.17) is 4.74 Å². The van der Waals surface area contributed by atoms with Crippen molar-refractivity contribution in [3.8, 4) is 0 Å². The molecule has 2 aliphatic rings. The zero-order valence-corrected chi connectivity index (χ0v) is 16.0. The highest BCUT2D eigenvalue weighted by molar-refractivity contribution is 5.94. The van der Waals surface area contributed by atoms with Crippen LogP contribution in [0.25, 0.3) is 0 Å². The van der Waals surface area contributed by atoms with Crippen molar-refractivity contribution in [1.29, 1.82) is 0 Å². The molecule has 0 unspecified atom stereocenters. The van der Waals surface area contributed by atoms with E-state index in [1.807, 2.05) is 22.8 Å². The van der Waals surface area contributed by atoms with Gasteiger partial charge in [-0.1, -0.05) is 20.3 Å². The number of carbonyl (C=O) groups is 2. The smallest absolute Gasteiger partial charge is 0.410 e. The number of hydrogen-bond donors (Lipinski definition) is 0. The first-order valence-electron chi connectivity index (χ1n) is 9.72. The van der Waals surface area contributed by atoms with Crippen LogP contribution in [-0.4, -0.2) is 58.1 Å². The third-order valence-electron chi connectivity index (χ3n) is 5.62. The molecule has 2 amide bonds. The Hall–Kier alpha value is -2.11. The van der Waals surface area contributed by atoms with Crippen molar-refractivity contribution in [2.75, 3.05) is 19.6 Å². The molecule has 0 aliphatic carbocycles. The third-order valence-corrected chi connectivity index (χ3v) is 5.62. The minimum atomic E-state index is -0.428. The number of aromatic nitrogens is 1. The Labute approximate surface area is 155 Å². The van der Waals surface area contributed by atoms with E-state index < -0.39 is 5.60 Å². The molecule has 1 spiro atoms. The lowest BCUT2D eigenvalue weighted by Gasteiger charge is -2.37. The number of aryl methyl sites for hydroxylation is 1. The van der Waals surface area contributed by atoms with Gasteiger partial charge in [0.15, 0.2) is 0 Å². The van der Waals surface area contributed by atoms with Gasteiger partial charge in [-0.2, -0.15) is 0 Å². The van der Waals surface area contributed by atoms with Gasteiger partial charge < -0.3 is 14.5 Å². The Bertz CT molecular complexity index is 668. The van der Waals surface area contributed by atoms with E-state index in [9.17, 15) is 9.59 Å². The summed E-state index contributed by atoms with van der Waals surface area (Å²) < 4.78 is 5.78. The molecular formula is C20H29N3O3. The standard InChI is InChI=1S/C20H29N3O3/c1-4-6-15(3)23-14-20(26-19(23)25)8-11-22(12-9-20)18(24)16-7-10-21-17(5-2)13-16/h7,10,13,15H,4-6,8-9,11-12,14H2,1-3H3/t15-/m0/s1. The quantitative estimate of drug-likeness (QED) is 0.809. The van der Waals surface area contributed by atoms with Crippen LogP contribution in [-0.2, 0) is 11.2 Å². The number of piperidine rings is 1. The molecule has 0 saturated carbocycles. The molecule has 0 N–H and O–H groups in total. The van der Waals surface area contributed by atoms with Crippen LogP contribution in [0.4, 0.5) is 4.79 Å². The van der Waals surface area contributed by atoms with E-state index in [0.29, 0.717) is 38.0 Å². The summed E-state index contributed by atoms with van der Waals surface area (Å²) in [6.45, 7) is 8.11. The number of ether oxygens (including phenoxy) is 1. The minimum absolute atomic E-state index is 0.0393. The Morgan fingerprint density at radius 2 is 2.08 bits per heavy atom. The Morgan fingerprint density at radius 3 is 2.73 bits per heavy atom. The van der Waals surface area contributed by atoms with Crippen LogP contribution in [0.2, 0.25) is 0 Å². The van der Waals surface area contributed by atoms with Gasteiger partial charge in [0.1, 0.15) is 5.60 Å². The highest BCUT2D eigenvalue weighted by Gasteiger charge is 2.48. The van der Waals surface area contributed by atoms with Crippen molar-refractivity contribution in [1.82, 2.24) is 14.8 Å². The summed E-state index contributed by atoms with van der Waals surface area (Å²) in [6.07, 6.45) is 5.74. The van der Waals surface area contributed by atoms with Crippen LogP contribution in [0.1, 0.15) is 62.5 Å². The van der Waals surface area contributed by atoms with Gasteiger partial charge in [0.25, 0.3) is 5.91 Å². The van der Waals surface area contributed by atoms with Gasteiger partial charge >= 0.3 is 6.09 Å². The van der Waals surface area contributed by atoms with Crippen LogP contribution in [0.3, 0.4) is 0 Å². The lowest BCUT2D eigenvalue weighted by atomic mass is 9.90. The van der Waals surface area contributed by atoms with Gasteiger partial charge in [0.2, 0.25) is 0 Å².